The van der Waals surface area contributed by atoms with Crippen molar-refractivity contribution in [3.8, 4) is 0 Å². The highest BCUT2D eigenvalue weighted by molar-refractivity contribution is 9.10. The molecule has 0 aliphatic heterocycles. The van der Waals surface area contributed by atoms with Crippen LogP contribution in [0.5, 0.6) is 0 Å². The summed E-state index contributed by atoms with van der Waals surface area (Å²) in [5.74, 6) is -2.33. The molecule has 7 nitrogen and oxygen atoms in total. The summed E-state index contributed by atoms with van der Waals surface area (Å²) in [4.78, 5) is 32.5. The first-order chi connectivity index (χ1) is 8.84. The van der Waals surface area contributed by atoms with E-state index in [1.165, 1.54) is 25.1 Å². The molecule has 1 rings (SSSR count). The van der Waals surface area contributed by atoms with Gasteiger partial charge in [0.15, 0.2) is 0 Å². The average Bonchev–Trinajstić information content (AvgIpc) is 2.35. The van der Waals surface area contributed by atoms with Crippen LogP contribution in [-0.2, 0) is 4.79 Å². The van der Waals surface area contributed by atoms with Crippen molar-refractivity contribution in [2.24, 2.45) is 5.92 Å². The number of hydrogen-bond donors (Lipinski definition) is 2. The molecule has 0 aromatic heterocycles. The first kappa shape index (κ1) is 15.1. The van der Waals surface area contributed by atoms with Gasteiger partial charge in [0, 0.05) is 12.6 Å². The second-order valence-electron chi connectivity index (χ2n) is 3.85. The number of hydrogen-bond acceptors (Lipinski definition) is 4. The van der Waals surface area contributed by atoms with Gasteiger partial charge in [-0.05, 0) is 22.0 Å². The summed E-state index contributed by atoms with van der Waals surface area (Å²) in [7, 11) is 0. The van der Waals surface area contributed by atoms with Crippen LogP contribution < -0.4 is 5.32 Å². The van der Waals surface area contributed by atoms with Crippen LogP contribution in [0, 0.1) is 16.0 Å². The van der Waals surface area contributed by atoms with E-state index in [2.05, 4.69) is 21.2 Å². The topological polar surface area (TPSA) is 110 Å². The van der Waals surface area contributed by atoms with E-state index in [0.717, 1.165) is 0 Å². The van der Waals surface area contributed by atoms with Gasteiger partial charge in [-0.15, -0.1) is 0 Å². The Morgan fingerprint density at radius 3 is 2.68 bits per heavy atom. The van der Waals surface area contributed by atoms with Crippen molar-refractivity contribution in [2.45, 2.75) is 6.92 Å². The van der Waals surface area contributed by atoms with E-state index >= 15 is 0 Å². The zero-order chi connectivity index (χ0) is 14.6. The summed E-state index contributed by atoms with van der Waals surface area (Å²) >= 11 is 3.00. The standard InChI is InChI=1S/C11H11BrN2O5/c1-6(11(16)17)5-13-10(15)7-3-2-4-8(9(7)12)14(18)19/h2-4,6H,5H2,1H3,(H,13,15)(H,16,17). The van der Waals surface area contributed by atoms with E-state index in [1.807, 2.05) is 0 Å². The molecule has 1 atom stereocenters. The number of nitrogens with zero attached hydrogens (tertiary/aromatic N) is 1. The Kier molecular flexibility index (Phi) is 4.99. The van der Waals surface area contributed by atoms with Crippen LogP contribution in [0.3, 0.4) is 0 Å². The molecule has 0 aliphatic carbocycles. The highest BCUT2D eigenvalue weighted by Gasteiger charge is 2.20. The predicted molar refractivity (Wildman–Crippen MR) is 69.9 cm³/mol. The fraction of sp³-hybridized carbons (Fsp3) is 0.273. The summed E-state index contributed by atoms with van der Waals surface area (Å²) in [6, 6.07) is 4.07. The van der Waals surface area contributed by atoms with Crippen LogP contribution in [0.15, 0.2) is 22.7 Å². The SMILES string of the molecule is CC(CNC(=O)c1cccc([N+](=O)[O-])c1Br)C(=O)O. The van der Waals surface area contributed by atoms with E-state index in [9.17, 15) is 19.7 Å². The maximum atomic E-state index is 11.8. The van der Waals surface area contributed by atoms with Gasteiger partial charge in [0.05, 0.1) is 16.4 Å². The van der Waals surface area contributed by atoms with Crippen molar-refractivity contribution in [1.82, 2.24) is 5.32 Å². The molecule has 0 fully saturated rings. The highest BCUT2D eigenvalue weighted by atomic mass is 79.9. The Morgan fingerprint density at radius 2 is 2.16 bits per heavy atom. The molecule has 2 N–H and O–H groups in total. The van der Waals surface area contributed by atoms with Crippen LogP contribution in [0.25, 0.3) is 0 Å². The van der Waals surface area contributed by atoms with Crippen LogP contribution in [-0.4, -0.2) is 28.5 Å². The van der Waals surface area contributed by atoms with Gasteiger partial charge in [-0.2, -0.15) is 0 Å². The Hall–Kier alpha value is -1.96. The van der Waals surface area contributed by atoms with Crippen LogP contribution in [0.2, 0.25) is 0 Å². The Balaban J connectivity index is 2.86. The van der Waals surface area contributed by atoms with Crippen molar-refractivity contribution >= 4 is 33.5 Å². The van der Waals surface area contributed by atoms with Crippen molar-refractivity contribution in [3.63, 3.8) is 0 Å². The number of benzene rings is 1. The van der Waals surface area contributed by atoms with Crippen LogP contribution in [0.4, 0.5) is 5.69 Å². The van der Waals surface area contributed by atoms with Gasteiger partial charge in [0.2, 0.25) is 0 Å². The molecule has 0 heterocycles. The summed E-state index contributed by atoms with van der Waals surface area (Å²) in [5, 5.41) is 21.8. The van der Waals surface area contributed by atoms with Crippen molar-refractivity contribution < 1.29 is 19.6 Å². The second kappa shape index (κ2) is 6.28. The number of carbonyl (C=O) groups excluding carboxylic acids is 1. The molecule has 1 unspecified atom stereocenters. The lowest BCUT2D eigenvalue weighted by Gasteiger charge is -2.09. The molecule has 1 aromatic carbocycles. The highest BCUT2D eigenvalue weighted by Crippen LogP contribution is 2.28. The fourth-order valence-electron chi connectivity index (χ4n) is 1.26. The minimum atomic E-state index is -1.03. The number of halogens is 1. The van der Waals surface area contributed by atoms with Gasteiger partial charge >= 0.3 is 5.97 Å². The predicted octanol–water partition coefficient (Wildman–Crippen LogP) is 1.81. The number of rotatable bonds is 5. The Bertz CT molecular complexity index is 532. The van der Waals surface area contributed by atoms with Gasteiger partial charge in [-0.3, -0.25) is 19.7 Å². The maximum Gasteiger partial charge on any atom is 0.308 e. The molecule has 0 saturated heterocycles. The zero-order valence-corrected chi connectivity index (χ0v) is 11.5. The van der Waals surface area contributed by atoms with Crippen LogP contribution >= 0.6 is 15.9 Å². The first-order valence-electron chi connectivity index (χ1n) is 5.28. The zero-order valence-electron chi connectivity index (χ0n) is 9.92. The van der Waals surface area contributed by atoms with E-state index in [1.54, 1.807) is 0 Å². The first-order valence-corrected chi connectivity index (χ1v) is 6.07. The van der Waals surface area contributed by atoms with Gasteiger partial charge in [-0.1, -0.05) is 13.0 Å². The molecular formula is C11H11BrN2O5. The lowest BCUT2D eigenvalue weighted by atomic mass is 10.1. The summed E-state index contributed by atoms with van der Waals surface area (Å²) in [6.45, 7) is 1.40. The number of nitrogens with one attached hydrogen (secondary N) is 1. The van der Waals surface area contributed by atoms with Gasteiger partial charge in [0.25, 0.3) is 11.6 Å². The molecule has 0 spiro atoms. The Labute approximate surface area is 116 Å². The molecule has 0 saturated carbocycles. The summed E-state index contributed by atoms with van der Waals surface area (Å²) in [5.41, 5.74) is -0.134. The van der Waals surface area contributed by atoms with Crippen molar-refractivity contribution in [3.05, 3.63) is 38.3 Å². The van der Waals surface area contributed by atoms with E-state index in [-0.39, 0.29) is 22.3 Å². The molecule has 0 aliphatic rings. The molecule has 1 amide bonds. The van der Waals surface area contributed by atoms with E-state index in [4.69, 9.17) is 5.11 Å². The lowest BCUT2D eigenvalue weighted by molar-refractivity contribution is -0.385. The van der Waals surface area contributed by atoms with E-state index < -0.39 is 22.7 Å². The van der Waals surface area contributed by atoms with Crippen molar-refractivity contribution in [1.29, 1.82) is 0 Å². The normalized spacial score (nSPS) is 11.7. The smallest absolute Gasteiger partial charge is 0.308 e. The monoisotopic (exact) mass is 330 g/mol. The summed E-state index contributed by atoms with van der Waals surface area (Å²) < 4.78 is 0.0699. The number of amides is 1. The van der Waals surface area contributed by atoms with Gasteiger partial charge < -0.3 is 10.4 Å². The Morgan fingerprint density at radius 1 is 1.53 bits per heavy atom. The minimum Gasteiger partial charge on any atom is -0.481 e. The number of aliphatic carboxylic acids is 1. The van der Waals surface area contributed by atoms with E-state index in [0.29, 0.717) is 0 Å². The molecule has 19 heavy (non-hydrogen) atoms. The quantitative estimate of drug-likeness (QED) is 0.632. The lowest BCUT2D eigenvalue weighted by Crippen LogP contribution is -2.31. The average molecular weight is 331 g/mol. The third kappa shape index (κ3) is 3.75. The molecule has 0 radical (unpaired) electrons. The molecular weight excluding hydrogens is 320 g/mol. The number of carbonyl (C=O) groups is 2. The van der Waals surface area contributed by atoms with Gasteiger partial charge in [0.1, 0.15) is 4.47 Å². The third-order valence-electron chi connectivity index (χ3n) is 2.41. The second-order valence-corrected chi connectivity index (χ2v) is 4.64. The fourth-order valence-corrected chi connectivity index (χ4v) is 1.85. The van der Waals surface area contributed by atoms with Crippen LogP contribution in [0.1, 0.15) is 17.3 Å². The van der Waals surface area contributed by atoms with Crippen molar-refractivity contribution in [2.75, 3.05) is 6.54 Å². The minimum absolute atomic E-state index is 0.0523. The summed E-state index contributed by atoms with van der Waals surface area (Å²) in [6.07, 6.45) is 0. The number of carboxylic acids is 1. The molecule has 8 heteroatoms. The maximum absolute atomic E-state index is 11.8. The molecule has 0 bridgehead atoms. The molecule has 1 aromatic rings. The number of nitro benzene ring substituents is 1. The third-order valence-corrected chi connectivity index (χ3v) is 3.24. The number of carboxylic acid groups (broad SMARTS) is 1. The molecule has 102 valence electrons. The largest absolute Gasteiger partial charge is 0.481 e. The number of nitro groups is 1. The van der Waals surface area contributed by atoms with Gasteiger partial charge in [-0.25, -0.2) is 0 Å².